The van der Waals surface area contributed by atoms with Crippen molar-refractivity contribution in [2.45, 2.75) is 65.0 Å². The van der Waals surface area contributed by atoms with Gasteiger partial charge in [-0.05, 0) is 32.1 Å². The first-order valence-corrected chi connectivity index (χ1v) is 8.07. The van der Waals surface area contributed by atoms with Gasteiger partial charge in [-0.1, -0.05) is 20.3 Å². The van der Waals surface area contributed by atoms with Crippen LogP contribution in [0.3, 0.4) is 0 Å². The van der Waals surface area contributed by atoms with Crippen molar-refractivity contribution in [2.75, 3.05) is 11.4 Å². The quantitative estimate of drug-likeness (QED) is 0.890. The molecule has 4 heteroatoms. The summed E-state index contributed by atoms with van der Waals surface area (Å²) in [7, 11) is 0. The van der Waals surface area contributed by atoms with Crippen molar-refractivity contribution in [3.8, 4) is 0 Å². The predicted molar refractivity (Wildman–Crippen MR) is 79.3 cm³/mol. The molecule has 1 atom stereocenters. The van der Waals surface area contributed by atoms with Gasteiger partial charge in [0.25, 0.3) is 0 Å². The van der Waals surface area contributed by atoms with Gasteiger partial charge < -0.3 is 10.6 Å². The van der Waals surface area contributed by atoms with Crippen LogP contribution in [0.5, 0.6) is 0 Å². The third-order valence-corrected chi connectivity index (χ3v) is 4.94. The maximum atomic E-state index is 5.84. The van der Waals surface area contributed by atoms with E-state index >= 15 is 0 Å². The van der Waals surface area contributed by atoms with Crippen LogP contribution in [0.15, 0.2) is 0 Å². The van der Waals surface area contributed by atoms with E-state index in [-0.39, 0.29) is 0 Å². The van der Waals surface area contributed by atoms with E-state index in [1.54, 1.807) is 0 Å². The standard InChI is InChI=1S/C14H25N3S/c1-3-7-12-13(10-15)18-14(16-12)17-9-6-5-8-11(17)4-2/h11H,3-10,15H2,1-2H3. The molecule has 0 saturated carbocycles. The van der Waals surface area contributed by atoms with Crippen molar-refractivity contribution < 1.29 is 0 Å². The van der Waals surface area contributed by atoms with Gasteiger partial charge in [0.05, 0.1) is 5.69 Å². The number of anilines is 1. The third kappa shape index (κ3) is 2.86. The van der Waals surface area contributed by atoms with Crippen molar-refractivity contribution in [2.24, 2.45) is 5.73 Å². The Kier molecular flexibility index (Phi) is 5.01. The molecule has 0 amide bonds. The van der Waals surface area contributed by atoms with Gasteiger partial charge in [-0.3, -0.25) is 0 Å². The average molecular weight is 267 g/mol. The second kappa shape index (κ2) is 6.53. The van der Waals surface area contributed by atoms with Gasteiger partial charge in [0.15, 0.2) is 5.13 Å². The molecule has 0 spiro atoms. The zero-order valence-corrected chi connectivity index (χ0v) is 12.4. The number of hydrogen-bond acceptors (Lipinski definition) is 4. The normalized spacial score (nSPS) is 20.4. The van der Waals surface area contributed by atoms with E-state index in [1.165, 1.54) is 47.9 Å². The smallest absolute Gasteiger partial charge is 0.186 e. The summed E-state index contributed by atoms with van der Waals surface area (Å²) in [5, 5.41) is 1.21. The molecule has 0 bridgehead atoms. The van der Waals surface area contributed by atoms with E-state index in [0.29, 0.717) is 12.6 Å². The van der Waals surface area contributed by atoms with E-state index in [2.05, 4.69) is 18.7 Å². The number of aryl methyl sites for hydroxylation is 1. The maximum absolute atomic E-state index is 5.84. The molecule has 18 heavy (non-hydrogen) atoms. The first-order valence-electron chi connectivity index (χ1n) is 7.25. The molecular formula is C14H25N3S. The van der Waals surface area contributed by atoms with Crippen LogP contribution in [0.4, 0.5) is 5.13 Å². The molecule has 1 fully saturated rings. The lowest BCUT2D eigenvalue weighted by Crippen LogP contribution is -2.39. The summed E-state index contributed by atoms with van der Waals surface area (Å²) in [6.45, 7) is 6.29. The van der Waals surface area contributed by atoms with Crippen molar-refractivity contribution in [3.63, 3.8) is 0 Å². The first kappa shape index (κ1) is 13.8. The van der Waals surface area contributed by atoms with Crippen molar-refractivity contribution in [3.05, 3.63) is 10.6 Å². The van der Waals surface area contributed by atoms with Crippen LogP contribution in [0, 0.1) is 0 Å². The maximum Gasteiger partial charge on any atom is 0.186 e. The van der Waals surface area contributed by atoms with Crippen LogP contribution < -0.4 is 10.6 Å². The van der Waals surface area contributed by atoms with Crippen molar-refractivity contribution in [1.29, 1.82) is 0 Å². The molecule has 1 aliphatic heterocycles. The highest BCUT2D eigenvalue weighted by atomic mass is 32.1. The fraction of sp³-hybridized carbons (Fsp3) is 0.786. The molecule has 1 saturated heterocycles. The zero-order chi connectivity index (χ0) is 13.0. The van der Waals surface area contributed by atoms with Crippen molar-refractivity contribution in [1.82, 2.24) is 4.98 Å². The highest BCUT2D eigenvalue weighted by Gasteiger charge is 2.24. The minimum absolute atomic E-state index is 0.637. The van der Waals surface area contributed by atoms with E-state index in [0.717, 1.165) is 12.8 Å². The van der Waals surface area contributed by atoms with Gasteiger partial charge in [0.1, 0.15) is 0 Å². The van der Waals surface area contributed by atoms with E-state index in [4.69, 9.17) is 10.7 Å². The molecule has 1 aliphatic rings. The van der Waals surface area contributed by atoms with Gasteiger partial charge in [-0.2, -0.15) is 0 Å². The summed E-state index contributed by atoms with van der Waals surface area (Å²) in [6, 6.07) is 0.685. The Balaban J connectivity index is 2.20. The topological polar surface area (TPSA) is 42.2 Å². The molecular weight excluding hydrogens is 242 g/mol. The number of thiazole rings is 1. The second-order valence-electron chi connectivity index (χ2n) is 5.07. The summed E-state index contributed by atoms with van der Waals surface area (Å²) < 4.78 is 0. The second-order valence-corrected chi connectivity index (χ2v) is 6.13. The number of aromatic nitrogens is 1. The molecule has 2 rings (SSSR count). The van der Waals surface area contributed by atoms with Crippen LogP contribution in [0.1, 0.15) is 56.5 Å². The van der Waals surface area contributed by atoms with E-state index < -0.39 is 0 Å². The van der Waals surface area contributed by atoms with Crippen LogP contribution in [0.2, 0.25) is 0 Å². The number of nitrogens with two attached hydrogens (primary N) is 1. The predicted octanol–water partition coefficient (Wildman–Crippen LogP) is 3.32. The molecule has 102 valence electrons. The Hall–Kier alpha value is -0.610. The van der Waals surface area contributed by atoms with Gasteiger partial charge in [0, 0.05) is 24.0 Å². The molecule has 1 aromatic heterocycles. The van der Waals surface area contributed by atoms with Gasteiger partial charge in [0.2, 0.25) is 0 Å². The number of nitrogens with zero attached hydrogens (tertiary/aromatic N) is 2. The number of rotatable bonds is 5. The number of hydrogen-bond donors (Lipinski definition) is 1. The Labute approximate surface area is 114 Å². The monoisotopic (exact) mass is 267 g/mol. The molecule has 2 heterocycles. The van der Waals surface area contributed by atoms with Crippen LogP contribution in [-0.4, -0.2) is 17.6 Å². The van der Waals surface area contributed by atoms with Crippen LogP contribution in [0.25, 0.3) is 0 Å². The minimum Gasteiger partial charge on any atom is -0.345 e. The molecule has 1 unspecified atom stereocenters. The average Bonchev–Trinajstić information content (AvgIpc) is 2.82. The highest BCUT2D eigenvalue weighted by Crippen LogP contribution is 2.32. The van der Waals surface area contributed by atoms with E-state index in [1.807, 2.05) is 11.3 Å². The zero-order valence-electron chi connectivity index (χ0n) is 11.6. The Bertz CT molecular complexity index is 375. The summed E-state index contributed by atoms with van der Waals surface area (Å²) >= 11 is 1.81. The SMILES string of the molecule is CCCc1nc(N2CCCCC2CC)sc1CN. The molecule has 2 N–H and O–H groups in total. The molecule has 0 radical (unpaired) electrons. The third-order valence-electron chi connectivity index (χ3n) is 3.78. The fourth-order valence-corrected chi connectivity index (χ4v) is 3.84. The lowest BCUT2D eigenvalue weighted by atomic mass is 10.0. The fourth-order valence-electron chi connectivity index (χ4n) is 2.76. The Morgan fingerprint density at radius 1 is 1.39 bits per heavy atom. The largest absolute Gasteiger partial charge is 0.345 e. The summed E-state index contributed by atoms with van der Waals surface area (Å²) in [5.41, 5.74) is 7.08. The Morgan fingerprint density at radius 2 is 2.22 bits per heavy atom. The molecule has 3 nitrogen and oxygen atoms in total. The summed E-state index contributed by atoms with van der Waals surface area (Å²) in [5.74, 6) is 0. The van der Waals surface area contributed by atoms with Gasteiger partial charge in [-0.25, -0.2) is 4.98 Å². The minimum atomic E-state index is 0.637. The lowest BCUT2D eigenvalue weighted by molar-refractivity contribution is 0.449. The summed E-state index contributed by atoms with van der Waals surface area (Å²) in [4.78, 5) is 8.66. The molecule has 1 aromatic rings. The first-order chi connectivity index (χ1) is 8.80. The summed E-state index contributed by atoms with van der Waals surface area (Å²) in [6.07, 6.45) is 7.42. The highest BCUT2D eigenvalue weighted by molar-refractivity contribution is 7.15. The van der Waals surface area contributed by atoms with Crippen LogP contribution >= 0.6 is 11.3 Å². The molecule has 0 aliphatic carbocycles. The lowest BCUT2D eigenvalue weighted by Gasteiger charge is -2.35. The number of piperidine rings is 1. The van der Waals surface area contributed by atoms with E-state index in [9.17, 15) is 0 Å². The Morgan fingerprint density at radius 3 is 2.89 bits per heavy atom. The molecule has 0 aromatic carbocycles. The van der Waals surface area contributed by atoms with Crippen molar-refractivity contribution >= 4 is 16.5 Å². The van der Waals surface area contributed by atoms with Crippen LogP contribution in [-0.2, 0) is 13.0 Å². The van der Waals surface area contributed by atoms with Gasteiger partial charge in [-0.15, -0.1) is 11.3 Å². The van der Waals surface area contributed by atoms with Gasteiger partial charge >= 0.3 is 0 Å².